The Morgan fingerprint density at radius 2 is 1.89 bits per heavy atom. The van der Waals surface area contributed by atoms with Crippen molar-refractivity contribution >= 4 is 47.2 Å². The predicted octanol–water partition coefficient (Wildman–Crippen LogP) is 2.85. The zero-order chi connectivity index (χ0) is 18.8. The van der Waals surface area contributed by atoms with Crippen molar-refractivity contribution in [3.8, 4) is 5.75 Å². The zero-order valence-corrected chi connectivity index (χ0v) is 19.0. The molecule has 148 valence electrons. The van der Waals surface area contributed by atoms with Gasteiger partial charge in [0.05, 0.1) is 7.11 Å². The van der Waals surface area contributed by atoms with Crippen LogP contribution in [0.2, 0.25) is 0 Å². The number of rotatable bonds is 8. The van der Waals surface area contributed by atoms with Gasteiger partial charge in [-0.15, -0.1) is 35.3 Å². The first-order chi connectivity index (χ1) is 12.6. The Hall–Kier alpha value is -1.81. The van der Waals surface area contributed by atoms with Crippen molar-refractivity contribution in [2.24, 2.45) is 4.99 Å². The minimum Gasteiger partial charge on any atom is -0.497 e. The highest BCUT2D eigenvalue weighted by Gasteiger charge is 2.07. The molecule has 0 radical (unpaired) electrons. The molecule has 0 aliphatic carbocycles. The normalized spacial score (nSPS) is 10.7. The van der Waals surface area contributed by atoms with Gasteiger partial charge in [0.1, 0.15) is 5.75 Å². The summed E-state index contributed by atoms with van der Waals surface area (Å²) in [5.41, 5.74) is 0.614. The van der Waals surface area contributed by atoms with Gasteiger partial charge in [0.25, 0.3) is 5.91 Å². The number of hydrogen-bond donors (Lipinski definition) is 2. The molecule has 0 saturated carbocycles. The summed E-state index contributed by atoms with van der Waals surface area (Å²) < 4.78 is 5.09. The number of ether oxygens (including phenoxy) is 1. The summed E-state index contributed by atoms with van der Waals surface area (Å²) in [7, 11) is 5.38. The smallest absolute Gasteiger partial charge is 0.251 e. The first-order valence-corrected chi connectivity index (χ1v) is 9.38. The van der Waals surface area contributed by atoms with Gasteiger partial charge in [0.15, 0.2) is 5.96 Å². The van der Waals surface area contributed by atoms with Crippen LogP contribution in [0.4, 0.5) is 0 Å². The highest BCUT2D eigenvalue weighted by Crippen LogP contribution is 2.11. The molecule has 0 unspecified atom stereocenters. The number of guanidine groups is 1. The quantitative estimate of drug-likeness (QED) is 0.252. The topological polar surface area (TPSA) is 66.0 Å². The molecule has 0 spiro atoms. The third-order valence-corrected chi connectivity index (χ3v) is 4.83. The van der Waals surface area contributed by atoms with Crippen LogP contribution in [0.1, 0.15) is 15.2 Å². The van der Waals surface area contributed by atoms with Crippen LogP contribution in [0.5, 0.6) is 5.75 Å². The maximum absolute atomic E-state index is 12.1. The molecule has 2 rings (SSSR count). The SMILES string of the molecule is CN=C(NCCNC(=O)c1ccc(OC)cc1)N(C)CCc1cccs1.I. The van der Waals surface area contributed by atoms with E-state index in [1.165, 1.54) is 4.88 Å². The fraction of sp³-hybridized carbons (Fsp3) is 0.368. The summed E-state index contributed by atoms with van der Waals surface area (Å²) in [6.07, 6.45) is 0.989. The fourth-order valence-electron chi connectivity index (χ4n) is 2.42. The number of halogens is 1. The van der Waals surface area contributed by atoms with Gasteiger partial charge >= 0.3 is 0 Å². The van der Waals surface area contributed by atoms with Crippen molar-refractivity contribution in [1.29, 1.82) is 0 Å². The molecule has 8 heteroatoms. The first-order valence-electron chi connectivity index (χ1n) is 8.50. The Bertz CT molecular complexity index is 705. The molecule has 1 aromatic carbocycles. The summed E-state index contributed by atoms with van der Waals surface area (Å²) in [4.78, 5) is 19.8. The van der Waals surface area contributed by atoms with Crippen LogP contribution < -0.4 is 15.4 Å². The molecular weight excluding hydrogens is 475 g/mol. The average Bonchev–Trinajstić information content (AvgIpc) is 3.19. The van der Waals surface area contributed by atoms with Crippen LogP contribution >= 0.6 is 35.3 Å². The van der Waals surface area contributed by atoms with E-state index in [0.717, 1.165) is 24.7 Å². The van der Waals surface area contributed by atoms with E-state index in [9.17, 15) is 4.79 Å². The van der Waals surface area contributed by atoms with Crippen molar-refractivity contribution in [2.75, 3.05) is 40.8 Å². The van der Waals surface area contributed by atoms with Gasteiger partial charge in [-0.1, -0.05) is 6.07 Å². The number of likely N-dealkylation sites (N-methyl/N-ethyl adjacent to an activating group) is 1. The van der Waals surface area contributed by atoms with Gasteiger partial charge in [0, 0.05) is 44.2 Å². The third kappa shape index (κ3) is 7.76. The number of carbonyl (C=O) groups is 1. The third-order valence-electron chi connectivity index (χ3n) is 3.89. The highest BCUT2D eigenvalue weighted by atomic mass is 127. The molecule has 1 aromatic heterocycles. The average molecular weight is 502 g/mol. The number of nitrogens with one attached hydrogen (secondary N) is 2. The molecular formula is C19H27IN4O2S. The molecule has 0 saturated heterocycles. The van der Waals surface area contributed by atoms with Gasteiger partial charge < -0.3 is 20.3 Å². The van der Waals surface area contributed by atoms with Crippen LogP contribution in [-0.4, -0.2) is 57.6 Å². The number of benzene rings is 1. The van der Waals surface area contributed by atoms with E-state index in [-0.39, 0.29) is 29.9 Å². The van der Waals surface area contributed by atoms with Crippen molar-refractivity contribution < 1.29 is 9.53 Å². The van der Waals surface area contributed by atoms with Crippen molar-refractivity contribution in [1.82, 2.24) is 15.5 Å². The van der Waals surface area contributed by atoms with E-state index in [4.69, 9.17) is 4.74 Å². The summed E-state index contributed by atoms with van der Waals surface area (Å²) in [6, 6.07) is 11.3. The van der Waals surface area contributed by atoms with E-state index in [1.54, 1.807) is 49.8 Å². The lowest BCUT2D eigenvalue weighted by Gasteiger charge is -2.21. The summed E-state index contributed by atoms with van der Waals surface area (Å²) in [5, 5.41) is 8.26. The largest absolute Gasteiger partial charge is 0.497 e. The standard InChI is InChI=1S/C19H26N4O2S.HI/c1-20-19(23(2)13-10-17-5-4-14-26-17)22-12-11-21-18(24)15-6-8-16(25-3)9-7-15;/h4-9,14H,10-13H2,1-3H3,(H,20,22)(H,21,24);1H. The van der Waals surface area contributed by atoms with Gasteiger partial charge in [-0.2, -0.15) is 0 Å². The lowest BCUT2D eigenvalue weighted by Crippen LogP contribution is -2.43. The summed E-state index contributed by atoms with van der Waals surface area (Å²) in [6.45, 7) is 2.01. The lowest BCUT2D eigenvalue weighted by molar-refractivity contribution is 0.0954. The number of amides is 1. The second-order valence-electron chi connectivity index (χ2n) is 5.71. The van der Waals surface area contributed by atoms with Crippen LogP contribution in [0.3, 0.4) is 0 Å². The van der Waals surface area contributed by atoms with Crippen LogP contribution in [0.15, 0.2) is 46.8 Å². The number of hydrogen-bond acceptors (Lipinski definition) is 4. The first kappa shape index (κ1) is 23.2. The highest BCUT2D eigenvalue weighted by molar-refractivity contribution is 14.0. The van der Waals surface area contributed by atoms with Gasteiger partial charge in [0.2, 0.25) is 0 Å². The fourth-order valence-corrected chi connectivity index (χ4v) is 3.12. The van der Waals surface area contributed by atoms with Crippen molar-refractivity contribution in [2.45, 2.75) is 6.42 Å². The molecule has 27 heavy (non-hydrogen) atoms. The number of aliphatic imine (C=N–C) groups is 1. The van der Waals surface area contributed by atoms with E-state index in [2.05, 4.69) is 38.0 Å². The molecule has 2 N–H and O–H groups in total. The second kappa shape index (κ2) is 12.6. The Balaban J connectivity index is 0.00000364. The van der Waals surface area contributed by atoms with Crippen molar-refractivity contribution in [3.05, 3.63) is 52.2 Å². The molecule has 6 nitrogen and oxygen atoms in total. The lowest BCUT2D eigenvalue weighted by atomic mass is 10.2. The minimum absolute atomic E-state index is 0. The van der Waals surface area contributed by atoms with E-state index >= 15 is 0 Å². The minimum atomic E-state index is -0.101. The van der Waals surface area contributed by atoms with Crippen LogP contribution in [0.25, 0.3) is 0 Å². The van der Waals surface area contributed by atoms with E-state index < -0.39 is 0 Å². The number of nitrogens with zero attached hydrogens (tertiary/aromatic N) is 2. The zero-order valence-electron chi connectivity index (χ0n) is 15.9. The number of carbonyl (C=O) groups excluding carboxylic acids is 1. The molecule has 0 aliphatic heterocycles. The summed E-state index contributed by atoms with van der Waals surface area (Å²) >= 11 is 1.77. The van der Waals surface area contributed by atoms with Gasteiger partial charge in [-0.3, -0.25) is 9.79 Å². The summed E-state index contributed by atoms with van der Waals surface area (Å²) in [5.74, 6) is 1.45. The molecule has 0 aliphatic rings. The molecule has 0 fully saturated rings. The van der Waals surface area contributed by atoms with E-state index in [0.29, 0.717) is 18.7 Å². The maximum atomic E-state index is 12.1. The predicted molar refractivity (Wildman–Crippen MR) is 123 cm³/mol. The Morgan fingerprint density at radius 1 is 1.19 bits per heavy atom. The molecule has 1 heterocycles. The molecule has 1 amide bonds. The Kier molecular flexibility index (Phi) is 10.8. The number of methoxy groups -OCH3 is 1. The Morgan fingerprint density at radius 3 is 2.48 bits per heavy atom. The monoisotopic (exact) mass is 502 g/mol. The van der Waals surface area contributed by atoms with Crippen LogP contribution in [0, 0.1) is 0 Å². The van der Waals surface area contributed by atoms with E-state index in [1.807, 2.05) is 7.05 Å². The van der Waals surface area contributed by atoms with Gasteiger partial charge in [-0.05, 0) is 42.1 Å². The van der Waals surface area contributed by atoms with Gasteiger partial charge in [-0.25, -0.2) is 0 Å². The maximum Gasteiger partial charge on any atom is 0.251 e. The molecule has 0 atom stereocenters. The van der Waals surface area contributed by atoms with Crippen LogP contribution in [-0.2, 0) is 6.42 Å². The molecule has 2 aromatic rings. The Labute approximate surface area is 182 Å². The van der Waals surface area contributed by atoms with Crippen molar-refractivity contribution in [3.63, 3.8) is 0 Å². The second-order valence-corrected chi connectivity index (χ2v) is 6.74. The molecule has 0 bridgehead atoms. The number of thiophene rings is 1.